The fourth-order valence-electron chi connectivity index (χ4n) is 3.96. The summed E-state index contributed by atoms with van der Waals surface area (Å²) in [7, 11) is 0. The molecule has 2 aromatic rings. The maximum atomic E-state index is 12.9. The van der Waals surface area contributed by atoms with Crippen LogP contribution in [0.15, 0.2) is 60.7 Å². The van der Waals surface area contributed by atoms with Gasteiger partial charge in [-0.1, -0.05) is 80.9 Å². The van der Waals surface area contributed by atoms with Crippen LogP contribution >= 0.6 is 0 Å². The van der Waals surface area contributed by atoms with E-state index < -0.39 is 18.1 Å². The van der Waals surface area contributed by atoms with Gasteiger partial charge in [-0.3, -0.25) is 4.79 Å². The second-order valence-corrected chi connectivity index (χ2v) is 8.50. The number of hydrogen-bond acceptors (Lipinski definition) is 5. The molecule has 0 saturated carbocycles. The van der Waals surface area contributed by atoms with Crippen molar-refractivity contribution in [2.45, 2.75) is 64.4 Å². The van der Waals surface area contributed by atoms with Gasteiger partial charge in [-0.25, -0.2) is 9.69 Å². The summed E-state index contributed by atoms with van der Waals surface area (Å²) in [4.78, 5) is 26.3. The second-order valence-electron chi connectivity index (χ2n) is 8.50. The first-order chi connectivity index (χ1) is 15.5. The van der Waals surface area contributed by atoms with Gasteiger partial charge < -0.3 is 14.6 Å². The molecular formula is C26H33NO5. The van der Waals surface area contributed by atoms with Crippen LogP contribution < -0.4 is 0 Å². The highest BCUT2D eigenvalue weighted by molar-refractivity contribution is 5.93. The molecule has 1 N–H and O–H groups in total. The molecule has 172 valence electrons. The fraction of sp³-hybridized carbons (Fsp3) is 0.462. The average Bonchev–Trinajstić information content (AvgIpc) is 3.17. The first-order valence-electron chi connectivity index (χ1n) is 11.3. The van der Waals surface area contributed by atoms with E-state index >= 15 is 0 Å². The largest absolute Gasteiger partial charge is 0.447 e. The van der Waals surface area contributed by atoms with Crippen molar-refractivity contribution in [2.24, 2.45) is 5.92 Å². The Kier molecular flexibility index (Phi) is 8.82. The molecule has 3 rings (SSSR count). The van der Waals surface area contributed by atoms with Crippen molar-refractivity contribution in [3.8, 4) is 0 Å². The molecule has 1 fully saturated rings. The van der Waals surface area contributed by atoms with E-state index in [0.29, 0.717) is 19.4 Å². The van der Waals surface area contributed by atoms with Crippen LogP contribution in [-0.2, 0) is 27.3 Å². The predicted molar refractivity (Wildman–Crippen MR) is 122 cm³/mol. The molecule has 0 aromatic heterocycles. The number of aliphatic hydroxyl groups is 1. The highest BCUT2D eigenvalue weighted by Crippen LogP contribution is 2.23. The van der Waals surface area contributed by atoms with Crippen molar-refractivity contribution < 1.29 is 24.2 Å². The lowest BCUT2D eigenvalue weighted by molar-refractivity contribution is -0.132. The molecule has 0 aliphatic carbocycles. The van der Waals surface area contributed by atoms with Gasteiger partial charge in [-0.15, -0.1) is 0 Å². The van der Waals surface area contributed by atoms with E-state index in [9.17, 15) is 14.7 Å². The van der Waals surface area contributed by atoms with Crippen LogP contribution in [0.5, 0.6) is 0 Å². The van der Waals surface area contributed by atoms with Gasteiger partial charge in [0.25, 0.3) is 0 Å². The Bertz CT molecular complexity index is 857. The Labute approximate surface area is 190 Å². The minimum absolute atomic E-state index is 0.137. The lowest BCUT2D eigenvalue weighted by Gasteiger charge is -2.27. The molecule has 0 bridgehead atoms. The molecule has 6 nitrogen and oxygen atoms in total. The Morgan fingerprint density at radius 1 is 1.12 bits per heavy atom. The Morgan fingerprint density at radius 3 is 2.38 bits per heavy atom. The van der Waals surface area contributed by atoms with Gasteiger partial charge in [0, 0.05) is 6.42 Å². The zero-order chi connectivity index (χ0) is 22.9. The number of nitrogens with zero attached hydrogens (tertiary/aromatic N) is 1. The molecule has 1 saturated heterocycles. The number of carbonyl (C=O) groups excluding carboxylic acids is 2. The third kappa shape index (κ3) is 6.65. The zero-order valence-electron chi connectivity index (χ0n) is 18.9. The van der Waals surface area contributed by atoms with Crippen LogP contribution in [0.1, 0.15) is 44.2 Å². The van der Waals surface area contributed by atoms with Gasteiger partial charge in [0.05, 0.1) is 31.3 Å². The summed E-state index contributed by atoms with van der Waals surface area (Å²) in [6.07, 6.45) is -0.0949. The van der Waals surface area contributed by atoms with Gasteiger partial charge in [0.1, 0.15) is 6.61 Å². The number of carbonyl (C=O) groups is 2. The third-order valence-corrected chi connectivity index (χ3v) is 6.04. The minimum Gasteiger partial charge on any atom is -0.447 e. The van der Waals surface area contributed by atoms with Gasteiger partial charge in [-0.2, -0.15) is 0 Å². The summed E-state index contributed by atoms with van der Waals surface area (Å²) < 4.78 is 11.2. The number of cyclic esters (lactones) is 1. The summed E-state index contributed by atoms with van der Waals surface area (Å²) in [5.74, 6) is -0.182. The summed E-state index contributed by atoms with van der Waals surface area (Å²) in [5, 5.41) is 10.7. The van der Waals surface area contributed by atoms with Crippen molar-refractivity contribution in [1.29, 1.82) is 0 Å². The van der Waals surface area contributed by atoms with E-state index in [1.54, 1.807) is 0 Å². The predicted octanol–water partition coefficient (Wildman–Crippen LogP) is 4.35. The number of ether oxygens (including phenoxy) is 2. The van der Waals surface area contributed by atoms with Crippen LogP contribution in [0, 0.1) is 5.92 Å². The van der Waals surface area contributed by atoms with Crippen LogP contribution in [0.2, 0.25) is 0 Å². The Morgan fingerprint density at radius 2 is 1.75 bits per heavy atom. The molecule has 2 aromatic carbocycles. The van der Waals surface area contributed by atoms with E-state index in [-0.39, 0.29) is 31.1 Å². The smallest absolute Gasteiger partial charge is 0.416 e. The second kappa shape index (κ2) is 11.8. The third-order valence-electron chi connectivity index (χ3n) is 6.04. The molecule has 1 heterocycles. The molecule has 1 aliphatic heterocycles. The molecule has 4 atom stereocenters. The van der Waals surface area contributed by atoms with Crippen molar-refractivity contribution in [3.63, 3.8) is 0 Å². The fourth-order valence-corrected chi connectivity index (χ4v) is 3.96. The van der Waals surface area contributed by atoms with E-state index in [1.807, 2.05) is 60.7 Å². The number of rotatable bonds is 11. The number of aliphatic hydroxyl groups excluding tert-OH is 1. The monoisotopic (exact) mass is 439 g/mol. The molecule has 6 heteroatoms. The topological polar surface area (TPSA) is 76.1 Å². The normalized spacial score (nSPS) is 18.8. The standard InChI is InChI=1S/C26H33NO5/c1-3-19(2)24(31-17-21-12-8-5-9-13-21)15-23(28)16-25(29)27-22(18-32-26(27)30)14-20-10-6-4-7-11-20/h4-13,19,22-24,28H,3,14-18H2,1-2H3/t19-,22+,23+,24-/m0/s1. The van der Waals surface area contributed by atoms with Crippen molar-refractivity contribution in [2.75, 3.05) is 6.61 Å². The van der Waals surface area contributed by atoms with Crippen molar-refractivity contribution in [3.05, 3.63) is 71.8 Å². The van der Waals surface area contributed by atoms with Crippen LogP contribution in [0.25, 0.3) is 0 Å². The van der Waals surface area contributed by atoms with E-state index in [2.05, 4.69) is 13.8 Å². The lowest BCUT2D eigenvalue weighted by Crippen LogP contribution is -2.42. The quantitative estimate of drug-likeness (QED) is 0.563. The number of hydrogen-bond donors (Lipinski definition) is 1. The molecule has 32 heavy (non-hydrogen) atoms. The molecule has 0 unspecified atom stereocenters. The van der Waals surface area contributed by atoms with Crippen LogP contribution in [0.3, 0.4) is 0 Å². The molecule has 0 spiro atoms. The number of amides is 2. The number of imide groups is 1. The van der Waals surface area contributed by atoms with Crippen molar-refractivity contribution in [1.82, 2.24) is 4.90 Å². The van der Waals surface area contributed by atoms with E-state index in [1.165, 1.54) is 4.90 Å². The summed E-state index contributed by atoms with van der Waals surface area (Å²) in [6.45, 7) is 4.78. The maximum Gasteiger partial charge on any atom is 0.416 e. The molecular weight excluding hydrogens is 406 g/mol. The van der Waals surface area contributed by atoms with Gasteiger partial charge in [0.15, 0.2) is 0 Å². The van der Waals surface area contributed by atoms with Crippen LogP contribution in [-0.4, -0.2) is 46.9 Å². The maximum absolute atomic E-state index is 12.9. The highest BCUT2D eigenvalue weighted by Gasteiger charge is 2.38. The zero-order valence-corrected chi connectivity index (χ0v) is 18.9. The van der Waals surface area contributed by atoms with Gasteiger partial charge in [-0.05, 0) is 23.5 Å². The lowest BCUT2D eigenvalue weighted by atomic mass is 9.95. The number of benzene rings is 2. The summed E-state index contributed by atoms with van der Waals surface area (Å²) >= 11 is 0. The highest BCUT2D eigenvalue weighted by atomic mass is 16.6. The molecule has 2 amide bonds. The molecule has 0 radical (unpaired) electrons. The Hall–Kier alpha value is -2.70. The van der Waals surface area contributed by atoms with Gasteiger partial charge >= 0.3 is 6.09 Å². The average molecular weight is 440 g/mol. The minimum atomic E-state index is -0.900. The Balaban J connectivity index is 1.57. The molecule has 1 aliphatic rings. The van der Waals surface area contributed by atoms with E-state index in [4.69, 9.17) is 9.47 Å². The summed E-state index contributed by atoms with van der Waals surface area (Å²) in [6, 6.07) is 19.2. The first kappa shape index (κ1) is 24.0. The van der Waals surface area contributed by atoms with Crippen molar-refractivity contribution >= 4 is 12.0 Å². The van der Waals surface area contributed by atoms with Crippen LogP contribution in [0.4, 0.5) is 4.79 Å². The SMILES string of the molecule is CC[C@H](C)[C@H](C[C@@H](O)CC(=O)N1C(=O)OC[C@H]1Cc1ccccc1)OCc1ccccc1. The van der Waals surface area contributed by atoms with Gasteiger partial charge in [0.2, 0.25) is 5.91 Å². The first-order valence-corrected chi connectivity index (χ1v) is 11.3. The summed E-state index contributed by atoms with van der Waals surface area (Å²) in [5.41, 5.74) is 2.09. The van der Waals surface area contributed by atoms with E-state index in [0.717, 1.165) is 17.5 Å².